The first-order chi connectivity index (χ1) is 7.04. The monoisotopic (exact) mass is 247 g/mol. The molecule has 0 saturated heterocycles. The molecule has 0 aliphatic rings. The van der Waals surface area contributed by atoms with Crippen LogP contribution in [-0.4, -0.2) is 29.1 Å². The van der Waals surface area contributed by atoms with Crippen molar-refractivity contribution in [1.82, 2.24) is 10.1 Å². The van der Waals surface area contributed by atoms with Crippen LogP contribution in [0.5, 0.6) is 0 Å². The van der Waals surface area contributed by atoms with Gasteiger partial charge in [0.25, 0.3) is 0 Å². The fraction of sp³-hybridized carbons (Fsp3) is 0.600. The Balaban J connectivity index is 0.00000225. The lowest BCUT2D eigenvalue weighted by molar-refractivity contribution is -0.131. The second kappa shape index (κ2) is 6.50. The standard InChI is InChI=1S/C10H17N3O2.ClH/c1-4-9(11)10(14)13(3)6-8-5-7(2)15-12-8;/h5,9H,4,6,11H2,1-3H3;1H. The summed E-state index contributed by atoms with van der Waals surface area (Å²) >= 11 is 0. The Labute approximate surface area is 101 Å². The summed E-state index contributed by atoms with van der Waals surface area (Å²) in [5.74, 6) is 0.670. The van der Waals surface area contributed by atoms with Crippen LogP contribution in [0.4, 0.5) is 0 Å². The van der Waals surface area contributed by atoms with Crippen LogP contribution in [0.3, 0.4) is 0 Å². The summed E-state index contributed by atoms with van der Waals surface area (Å²) in [4.78, 5) is 13.2. The molecule has 6 heteroatoms. The average Bonchev–Trinajstić information content (AvgIpc) is 2.61. The molecule has 16 heavy (non-hydrogen) atoms. The maximum Gasteiger partial charge on any atom is 0.239 e. The van der Waals surface area contributed by atoms with Crippen LogP contribution in [0.25, 0.3) is 0 Å². The predicted octanol–water partition coefficient (Wildman–Crippen LogP) is 1.10. The molecule has 0 radical (unpaired) electrons. The molecule has 0 spiro atoms. The van der Waals surface area contributed by atoms with Gasteiger partial charge in [0.1, 0.15) is 11.5 Å². The summed E-state index contributed by atoms with van der Waals surface area (Å²) < 4.78 is 4.91. The first-order valence-electron chi connectivity index (χ1n) is 4.97. The summed E-state index contributed by atoms with van der Waals surface area (Å²) in [7, 11) is 1.71. The lowest BCUT2D eigenvalue weighted by atomic mass is 10.2. The highest BCUT2D eigenvalue weighted by molar-refractivity contribution is 5.85. The van der Waals surface area contributed by atoms with Crippen LogP contribution in [0.2, 0.25) is 0 Å². The van der Waals surface area contributed by atoms with E-state index in [-0.39, 0.29) is 18.3 Å². The number of rotatable bonds is 4. The Kier molecular flexibility index (Phi) is 6.06. The Hall–Kier alpha value is -1.07. The molecule has 1 atom stereocenters. The maximum atomic E-state index is 11.6. The molecule has 2 N–H and O–H groups in total. The van der Waals surface area contributed by atoms with E-state index in [1.807, 2.05) is 13.8 Å². The molecule has 1 unspecified atom stereocenters. The summed E-state index contributed by atoms with van der Waals surface area (Å²) in [6, 6.07) is 1.38. The zero-order valence-electron chi connectivity index (χ0n) is 9.77. The summed E-state index contributed by atoms with van der Waals surface area (Å²) in [6.07, 6.45) is 0.640. The molecule has 1 aromatic heterocycles. The number of hydrogen-bond donors (Lipinski definition) is 1. The maximum absolute atomic E-state index is 11.6. The summed E-state index contributed by atoms with van der Waals surface area (Å²) in [6.45, 7) is 4.14. The molecule has 1 aromatic rings. The van der Waals surface area contributed by atoms with Gasteiger partial charge in [-0.15, -0.1) is 12.4 Å². The van der Waals surface area contributed by atoms with Gasteiger partial charge in [-0.25, -0.2) is 0 Å². The van der Waals surface area contributed by atoms with Gasteiger partial charge in [-0.2, -0.15) is 0 Å². The Morgan fingerprint density at radius 3 is 2.75 bits per heavy atom. The minimum Gasteiger partial charge on any atom is -0.361 e. The average molecular weight is 248 g/mol. The van der Waals surface area contributed by atoms with E-state index in [9.17, 15) is 4.79 Å². The lowest BCUT2D eigenvalue weighted by Crippen LogP contribution is -2.40. The molecular formula is C10H18ClN3O2. The lowest BCUT2D eigenvalue weighted by Gasteiger charge is -2.19. The molecule has 0 bridgehead atoms. The van der Waals surface area contributed by atoms with Crippen LogP contribution in [0.15, 0.2) is 10.6 Å². The van der Waals surface area contributed by atoms with Gasteiger partial charge in [0, 0.05) is 13.1 Å². The van der Waals surface area contributed by atoms with Gasteiger partial charge in [-0.1, -0.05) is 12.1 Å². The third-order valence-corrected chi connectivity index (χ3v) is 2.21. The van der Waals surface area contributed by atoms with Gasteiger partial charge in [0.05, 0.1) is 12.6 Å². The van der Waals surface area contributed by atoms with Crippen LogP contribution in [0.1, 0.15) is 24.8 Å². The minimum absolute atomic E-state index is 0. The summed E-state index contributed by atoms with van der Waals surface area (Å²) in [5, 5.41) is 3.81. The molecule has 1 heterocycles. The van der Waals surface area contributed by atoms with E-state index in [2.05, 4.69) is 5.16 Å². The largest absolute Gasteiger partial charge is 0.361 e. The van der Waals surface area contributed by atoms with Gasteiger partial charge >= 0.3 is 0 Å². The quantitative estimate of drug-likeness (QED) is 0.865. The van der Waals surface area contributed by atoms with Crippen molar-refractivity contribution in [2.75, 3.05) is 7.05 Å². The van der Waals surface area contributed by atoms with Crippen molar-refractivity contribution in [1.29, 1.82) is 0 Å². The van der Waals surface area contributed by atoms with Crippen molar-refractivity contribution < 1.29 is 9.32 Å². The Bertz CT molecular complexity index is 341. The minimum atomic E-state index is -0.428. The second-order valence-corrected chi connectivity index (χ2v) is 3.64. The van der Waals surface area contributed by atoms with Gasteiger partial charge in [0.2, 0.25) is 5.91 Å². The second-order valence-electron chi connectivity index (χ2n) is 3.64. The van der Waals surface area contributed by atoms with E-state index >= 15 is 0 Å². The zero-order chi connectivity index (χ0) is 11.4. The fourth-order valence-electron chi connectivity index (χ4n) is 1.27. The molecule has 0 saturated carbocycles. The van der Waals surface area contributed by atoms with Crippen molar-refractivity contribution in [2.45, 2.75) is 32.9 Å². The Morgan fingerprint density at radius 2 is 2.31 bits per heavy atom. The first kappa shape index (κ1) is 14.9. The molecule has 0 aliphatic heterocycles. The molecule has 0 fully saturated rings. The predicted molar refractivity (Wildman–Crippen MR) is 63.2 cm³/mol. The van der Waals surface area contributed by atoms with E-state index in [1.165, 1.54) is 0 Å². The molecule has 92 valence electrons. The van der Waals surface area contributed by atoms with Crippen molar-refractivity contribution in [3.8, 4) is 0 Å². The van der Waals surface area contributed by atoms with Gasteiger partial charge in [-0.05, 0) is 13.3 Å². The van der Waals surface area contributed by atoms with Crippen molar-refractivity contribution in [3.63, 3.8) is 0 Å². The Morgan fingerprint density at radius 1 is 1.69 bits per heavy atom. The normalized spacial score (nSPS) is 11.8. The zero-order valence-corrected chi connectivity index (χ0v) is 10.6. The van der Waals surface area contributed by atoms with E-state index in [0.717, 1.165) is 11.5 Å². The number of carbonyl (C=O) groups is 1. The van der Waals surface area contributed by atoms with Crippen molar-refractivity contribution in [3.05, 3.63) is 17.5 Å². The highest BCUT2D eigenvalue weighted by atomic mass is 35.5. The molecule has 1 amide bonds. The number of aryl methyl sites for hydroxylation is 1. The van der Waals surface area contributed by atoms with E-state index in [0.29, 0.717) is 13.0 Å². The number of carbonyl (C=O) groups excluding carboxylic acids is 1. The third kappa shape index (κ3) is 3.83. The topological polar surface area (TPSA) is 72.4 Å². The van der Waals surface area contributed by atoms with Crippen LogP contribution in [-0.2, 0) is 11.3 Å². The number of nitrogens with zero attached hydrogens (tertiary/aromatic N) is 2. The number of amides is 1. The van der Waals surface area contributed by atoms with Crippen molar-refractivity contribution in [2.24, 2.45) is 5.73 Å². The van der Waals surface area contributed by atoms with Crippen LogP contribution in [0, 0.1) is 6.92 Å². The SMILES string of the molecule is CCC(N)C(=O)N(C)Cc1cc(C)on1.Cl. The smallest absolute Gasteiger partial charge is 0.239 e. The molecule has 1 rings (SSSR count). The first-order valence-corrected chi connectivity index (χ1v) is 4.97. The summed E-state index contributed by atoms with van der Waals surface area (Å²) in [5.41, 5.74) is 6.38. The van der Waals surface area contributed by atoms with E-state index in [1.54, 1.807) is 18.0 Å². The van der Waals surface area contributed by atoms with Gasteiger partial charge in [0.15, 0.2) is 0 Å². The number of likely N-dealkylation sites (N-methyl/N-ethyl adjacent to an activating group) is 1. The molecule has 5 nitrogen and oxygen atoms in total. The van der Waals surface area contributed by atoms with Crippen LogP contribution >= 0.6 is 12.4 Å². The molecular weight excluding hydrogens is 230 g/mol. The number of hydrogen-bond acceptors (Lipinski definition) is 4. The number of nitrogens with two attached hydrogens (primary N) is 1. The third-order valence-electron chi connectivity index (χ3n) is 2.21. The van der Waals surface area contributed by atoms with E-state index in [4.69, 9.17) is 10.3 Å². The number of aromatic nitrogens is 1. The van der Waals surface area contributed by atoms with Crippen molar-refractivity contribution >= 4 is 18.3 Å². The fourth-order valence-corrected chi connectivity index (χ4v) is 1.27. The highest BCUT2D eigenvalue weighted by Crippen LogP contribution is 2.05. The van der Waals surface area contributed by atoms with Gasteiger partial charge < -0.3 is 15.2 Å². The van der Waals surface area contributed by atoms with Crippen LogP contribution < -0.4 is 5.73 Å². The number of halogens is 1. The molecule has 0 aliphatic carbocycles. The molecule has 0 aromatic carbocycles. The van der Waals surface area contributed by atoms with Gasteiger partial charge in [-0.3, -0.25) is 4.79 Å². The van der Waals surface area contributed by atoms with E-state index < -0.39 is 6.04 Å². The highest BCUT2D eigenvalue weighted by Gasteiger charge is 2.17.